The minimum atomic E-state index is -1.51. The summed E-state index contributed by atoms with van der Waals surface area (Å²) in [6, 6.07) is 13.0. The molecule has 0 bridgehead atoms. The van der Waals surface area contributed by atoms with E-state index in [9.17, 15) is 18.8 Å². The van der Waals surface area contributed by atoms with E-state index in [1.165, 1.54) is 25.2 Å². The van der Waals surface area contributed by atoms with Gasteiger partial charge in [0.15, 0.2) is 0 Å². The van der Waals surface area contributed by atoms with E-state index in [0.717, 1.165) is 4.90 Å². The lowest BCUT2D eigenvalue weighted by Gasteiger charge is -2.35. The highest BCUT2D eigenvalue weighted by molar-refractivity contribution is 6.30. The van der Waals surface area contributed by atoms with E-state index < -0.39 is 23.0 Å². The summed E-state index contributed by atoms with van der Waals surface area (Å²) < 4.78 is 20.6. The molecule has 0 N–H and O–H groups in total. The number of carbonyl (C=O) groups is 3. The minimum absolute atomic E-state index is 0.0566. The molecule has 3 amide bonds. The van der Waals surface area contributed by atoms with Gasteiger partial charge in [-0.2, -0.15) is 0 Å². The molecule has 8 heteroatoms. The Morgan fingerprint density at radius 1 is 1.16 bits per heavy atom. The quantitative estimate of drug-likeness (QED) is 0.642. The van der Waals surface area contributed by atoms with E-state index >= 15 is 0 Å². The largest absolute Gasteiger partial charge is 0.490 e. The van der Waals surface area contributed by atoms with Crippen molar-refractivity contribution in [2.45, 2.75) is 37.2 Å². The number of ether oxygens (including phenoxy) is 1. The summed E-state index contributed by atoms with van der Waals surface area (Å²) in [5.41, 5.74) is -1.42. The van der Waals surface area contributed by atoms with Crippen LogP contribution in [0.4, 0.5) is 4.39 Å². The van der Waals surface area contributed by atoms with Crippen molar-refractivity contribution in [1.29, 1.82) is 0 Å². The zero-order chi connectivity index (χ0) is 22.9. The Hall–Kier alpha value is -2.93. The van der Waals surface area contributed by atoms with Gasteiger partial charge in [0, 0.05) is 56.4 Å². The lowest BCUT2D eigenvalue weighted by molar-refractivity contribution is -0.142. The molecule has 4 rings (SSSR count). The number of rotatable bonds is 5. The number of hydrogen-bond acceptors (Lipinski definition) is 4. The van der Waals surface area contributed by atoms with Crippen LogP contribution in [0, 0.1) is 5.82 Å². The summed E-state index contributed by atoms with van der Waals surface area (Å²) in [7, 11) is 1.37. The number of hydrogen-bond donors (Lipinski definition) is 0. The van der Waals surface area contributed by atoms with Crippen LogP contribution in [-0.2, 0) is 19.8 Å². The zero-order valence-corrected chi connectivity index (χ0v) is 18.5. The third kappa shape index (κ3) is 4.21. The molecular weight excluding hydrogens is 435 g/mol. The van der Waals surface area contributed by atoms with Gasteiger partial charge in [-0.15, -0.1) is 0 Å². The Bertz CT molecular complexity index is 1050. The Kier molecular flexibility index (Phi) is 6.20. The topological polar surface area (TPSA) is 66.9 Å². The van der Waals surface area contributed by atoms with E-state index in [1.54, 1.807) is 23.1 Å². The SMILES string of the molecule is CN1C(=O)CC(CC(=O)N2CCC(Oc3cccc(Cl)c3)CC2)(c2ccccc2F)C1=O. The summed E-state index contributed by atoms with van der Waals surface area (Å²) in [5, 5.41) is 0.592. The molecular formula is C24H24ClFN2O4. The van der Waals surface area contributed by atoms with Crippen molar-refractivity contribution in [3.63, 3.8) is 0 Å². The van der Waals surface area contributed by atoms with Crippen LogP contribution in [0.1, 0.15) is 31.2 Å². The summed E-state index contributed by atoms with van der Waals surface area (Å²) >= 11 is 6.00. The second-order valence-electron chi connectivity index (χ2n) is 8.33. The molecule has 2 aromatic carbocycles. The second-order valence-corrected chi connectivity index (χ2v) is 8.77. The Balaban J connectivity index is 1.46. The van der Waals surface area contributed by atoms with Gasteiger partial charge >= 0.3 is 0 Å². The van der Waals surface area contributed by atoms with Crippen molar-refractivity contribution >= 4 is 29.3 Å². The van der Waals surface area contributed by atoms with E-state index in [-0.39, 0.29) is 30.4 Å². The lowest BCUT2D eigenvalue weighted by atomic mass is 9.75. The van der Waals surface area contributed by atoms with Gasteiger partial charge in [-0.1, -0.05) is 35.9 Å². The van der Waals surface area contributed by atoms with E-state index in [4.69, 9.17) is 16.3 Å². The van der Waals surface area contributed by atoms with Gasteiger partial charge in [-0.3, -0.25) is 19.3 Å². The summed E-state index contributed by atoms with van der Waals surface area (Å²) in [6.45, 7) is 0.908. The molecule has 2 aliphatic rings. The number of carbonyl (C=O) groups excluding carboxylic acids is 3. The van der Waals surface area contributed by atoms with Crippen molar-refractivity contribution in [3.8, 4) is 5.75 Å². The van der Waals surface area contributed by atoms with Gasteiger partial charge in [-0.05, 0) is 24.3 Å². The number of likely N-dealkylation sites (tertiary alicyclic amines) is 2. The maximum absolute atomic E-state index is 14.7. The molecule has 0 aromatic heterocycles. The fourth-order valence-corrected chi connectivity index (χ4v) is 4.69. The Morgan fingerprint density at radius 3 is 2.50 bits per heavy atom. The van der Waals surface area contributed by atoms with Crippen LogP contribution in [0.25, 0.3) is 0 Å². The van der Waals surface area contributed by atoms with Crippen molar-refractivity contribution in [1.82, 2.24) is 9.80 Å². The first kappa shape index (κ1) is 22.3. The van der Waals surface area contributed by atoms with Gasteiger partial charge in [0.25, 0.3) is 0 Å². The van der Waals surface area contributed by atoms with Gasteiger partial charge in [0.05, 0.1) is 5.41 Å². The average Bonchev–Trinajstić information content (AvgIpc) is 2.98. The van der Waals surface area contributed by atoms with Crippen LogP contribution < -0.4 is 4.74 Å². The number of piperidine rings is 1. The van der Waals surface area contributed by atoms with Gasteiger partial charge in [-0.25, -0.2) is 4.39 Å². The van der Waals surface area contributed by atoms with Crippen molar-refractivity contribution in [2.24, 2.45) is 0 Å². The third-order valence-corrected chi connectivity index (χ3v) is 6.51. The number of nitrogens with zero attached hydrogens (tertiary/aromatic N) is 2. The Labute approximate surface area is 190 Å². The van der Waals surface area contributed by atoms with Crippen LogP contribution in [0.2, 0.25) is 5.02 Å². The second kappa shape index (κ2) is 8.90. The van der Waals surface area contributed by atoms with E-state index in [1.807, 2.05) is 12.1 Å². The predicted octanol–water partition coefficient (Wildman–Crippen LogP) is 3.57. The first-order chi connectivity index (χ1) is 15.3. The predicted molar refractivity (Wildman–Crippen MR) is 117 cm³/mol. The van der Waals surface area contributed by atoms with Crippen molar-refractivity contribution < 1.29 is 23.5 Å². The molecule has 2 aromatic rings. The summed E-state index contributed by atoms with van der Waals surface area (Å²) in [4.78, 5) is 41.2. The maximum Gasteiger partial charge on any atom is 0.240 e. The lowest BCUT2D eigenvalue weighted by Crippen LogP contribution is -2.46. The van der Waals surface area contributed by atoms with Gasteiger partial charge in [0.2, 0.25) is 17.7 Å². The molecule has 2 saturated heterocycles. The molecule has 0 radical (unpaired) electrons. The molecule has 2 fully saturated rings. The summed E-state index contributed by atoms with van der Waals surface area (Å²) in [5.74, 6) is -1.14. The third-order valence-electron chi connectivity index (χ3n) is 6.28. The summed E-state index contributed by atoms with van der Waals surface area (Å²) in [6.07, 6.45) is 0.723. The highest BCUT2D eigenvalue weighted by Gasteiger charge is 2.54. The monoisotopic (exact) mass is 458 g/mol. The molecule has 1 unspecified atom stereocenters. The number of imide groups is 1. The zero-order valence-electron chi connectivity index (χ0n) is 17.7. The number of benzene rings is 2. The van der Waals surface area contributed by atoms with Crippen molar-refractivity contribution in [3.05, 3.63) is 64.9 Å². The fourth-order valence-electron chi connectivity index (χ4n) is 4.51. The van der Waals surface area contributed by atoms with Crippen LogP contribution in [-0.4, -0.2) is 53.8 Å². The van der Waals surface area contributed by atoms with Crippen molar-refractivity contribution in [2.75, 3.05) is 20.1 Å². The Morgan fingerprint density at radius 2 is 1.88 bits per heavy atom. The standard InChI is InChI=1S/C24H24ClFN2O4/c1-27-21(29)14-24(23(27)31,19-7-2-3-8-20(19)26)15-22(30)28-11-9-17(10-12-28)32-18-6-4-5-16(25)13-18/h2-8,13,17H,9-12,14-15H2,1H3. The molecule has 2 aliphatic heterocycles. The van der Waals surface area contributed by atoms with E-state index in [2.05, 4.69) is 0 Å². The molecule has 2 heterocycles. The number of amides is 3. The maximum atomic E-state index is 14.7. The van der Waals surface area contributed by atoms with Gasteiger partial charge < -0.3 is 9.64 Å². The highest BCUT2D eigenvalue weighted by atomic mass is 35.5. The minimum Gasteiger partial charge on any atom is -0.490 e. The normalized spacial score (nSPS) is 21.8. The van der Waals surface area contributed by atoms with Gasteiger partial charge in [0.1, 0.15) is 17.7 Å². The van der Waals surface area contributed by atoms with Crippen LogP contribution in [0.3, 0.4) is 0 Å². The first-order valence-electron chi connectivity index (χ1n) is 10.6. The smallest absolute Gasteiger partial charge is 0.240 e. The average molecular weight is 459 g/mol. The highest BCUT2D eigenvalue weighted by Crippen LogP contribution is 2.41. The van der Waals surface area contributed by atoms with Crippen LogP contribution in [0.5, 0.6) is 5.75 Å². The molecule has 6 nitrogen and oxygen atoms in total. The van der Waals surface area contributed by atoms with Crippen LogP contribution in [0.15, 0.2) is 48.5 Å². The molecule has 168 valence electrons. The van der Waals surface area contributed by atoms with Crippen LogP contribution >= 0.6 is 11.6 Å². The molecule has 1 atom stereocenters. The molecule has 32 heavy (non-hydrogen) atoms. The first-order valence-corrected chi connectivity index (χ1v) is 10.9. The van der Waals surface area contributed by atoms with E-state index in [0.29, 0.717) is 36.7 Å². The molecule has 0 spiro atoms. The number of likely N-dealkylation sites (N-methyl/N-ethyl adjacent to an activating group) is 1. The fraction of sp³-hybridized carbons (Fsp3) is 0.375. The molecule has 0 aliphatic carbocycles. The molecule has 0 saturated carbocycles. The number of halogens is 2.